The number of hydrogen-bond donors (Lipinski definition) is 1. The quantitative estimate of drug-likeness (QED) is 0.0410. The third-order valence-electron chi connectivity index (χ3n) is 8.70. The molecule has 0 fully saturated rings. The van der Waals surface area contributed by atoms with Crippen LogP contribution < -0.4 is 0 Å². The van der Waals surface area contributed by atoms with Crippen molar-refractivity contribution in [3.8, 4) is 0 Å². The lowest BCUT2D eigenvalue weighted by molar-refractivity contribution is -0.147. The highest BCUT2D eigenvalue weighted by Gasteiger charge is 2.11. The molecule has 0 amide bonds. The first-order valence-electron chi connectivity index (χ1n) is 20.3. The van der Waals surface area contributed by atoms with Crippen molar-refractivity contribution < 1.29 is 19.4 Å². The predicted molar refractivity (Wildman–Crippen MR) is 208 cm³/mol. The van der Waals surface area contributed by atoms with Crippen molar-refractivity contribution in [3.63, 3.8) is 0 Å². The Balaban J connectivity index is 4.09. The minimum absolute atomic E-state index is 0.0769. The zero-order chi connectivity index (χ0) is 35.0. The van der Waals surface area contributed by atoms with E-state index in [0.29, 0.717) is 6.42 Å². The lowest BCUT2D eigenvalue weighted by Gasteiger charge is -2.14. The summed E-state index contributed by atoms with van der Waals surface area (Å²) in [4.78, 5) is 23.3. The van der Waals surface area contributed by atoms with Gasteiger partial charge in [0.2, 0.25) is 0 Å². The molecule has 0 heterocycles. The predicted octanol–water partition coefficient (Wildman–Crippen LogP) is 14.1. The first-order valence-corrected chi connectivity index (χ1v) is 20.3. The van der Waals surface area contributed by atoms with Gasteiger partial charge in [-0.05, 0) is 89.5 Å². The van der Waals surface area contributed by atoms with E-state index in [0.717, 1.165) is 70.6 Å². The van der Waals surface area contributed by atoms with E-state index in [9.17, 15) is 9.59 Å². The Kier molecular flexibility index (Phi) is 37.2. The first kappa shape index (κ1) is 45.6. The molecule has 0 bridgehead atoms. The van der Waals surface area contributed by atoms with E-state index in [1.54, 1.807) is 0 Å². The van der Waals surface area contributed by atoms with Gasteiger partial charge in [0.05, 0.1) is 0 Å². The van der Waals surface area contributed by atoms with E-state index in [-0.39, 0.29) is 18.5 Å². The summed E-state index contributed by atoms with van der Waals surface area (Å²) in [5.74, 6) is -0.794. The average Bonchev–Trinajstić information content (AvgIpc) is 3.07. The number of hydrogen-bond acceptors (Lipinski definition) is 3. The second-order valence-corrected chi connectivity index (χ2v) is 13.5. The van der Waals surface area contributed by atoms with Gasteiger partial charge < -0.3 is 9.84 Å². The van der Waals surface area contributed by atoms with E-state index in [1.165, 1.54) is 103 Å². The maximum absolute atomic E-state index is 12.6. The maximum Gasteiger partial charge on any atom is 0.306 e. The highest BCUT2D eigenvalue weighted by atomic mass is 16.5. The second kappa shape index (κ2) is 39.1. The molecule has 1 atom stereocenters. The normalized spacial score (nSPS) is 12.9. The zero-order valence-corrected chi connectivity index (χ0v) is 31.5. The fourth-order valence-corrected chi connectivity index (χ4v) is 5.67. The molecular formula is C44H76O4. The lowest BCUT2D eigenvalue weighted by Crippen LogP contribution is -2.16. The van der Waals surface area contributed by atoms with Gasteiger partial charge in [0.25, 0.3) is 0 Å². The summed E-state index contributed by atoms with van der Waals surface area (Å²) in [7, 11) is 0. The molecule has 0 radical (unpaired) electrons. The van der Waals surface area contributed by atoms with Crippen LogP contribution in [-0.2, 0) is 14.3 Å². The van der Waals surface area contributed by atoms with Gasteiger partial charge in [-0.1, -0.05) is 158 Å². The van der Waals surface area contributed by atoms with Crippen LogP contribution in [0, 0.1) is 0 Å². The summed E-state index contributed by atoms with van der Waals surface area (Å²) in [5, 5.41) is 8.81. The molecule has 0 aromatic heterocycles. The summed E-state index contributed by atoms with van der Waals surface area (Å²) in [6, 6.07) is 0. The summed E-state index contributed by atoms with van der Waals surface area (Å²) in [6.45, 7) is 4.49. The number of unbranched alkanes of at least 4 members (excludes halogenated alkanes) is 19. The van der Waals surface area contributed by atoms with Crippen LogP contribution in [0.1, 0.15) is 200 Å². The van der Waals surface area contributed by atoms with Crippen LogP contribution in [-0.4, -0.2) is 23.1 Å². The Bertz CT molecular complexity index is 850. The Hall–Kier alpha value is -2.36. The van der Waals surface area contributed by atoms with Crippen LogP contribution in [0.25, 0.3) is 0 Å². The summed E-state index contributed by atoms with van der Waals surface area (Å²) in [5.41, 5.74) is 0. The minimum atomic E-state index is -0.717. The molecule has 4 heteroatoms. The van der Waals surface area contributed by atoms with Crippen LogP contribution in [0.4, 0.5) is 0 Å². The number of carboxylic acids is 1. The molecule has 0 spiro atoms. The standard InChI is InChI=1S/C44H76O4/c1-3-5-7-9-11-13-15-16-17-18-19-20-21-22-24-26-28-33-37-41-44(47)48-42(39-35-31-29-32-36-40-43(45)46)38-34-30-27-25-23-14-12-10-8-6-4-2/h11-14,16-17,25,27,34,38,42H,3-10,15,18-24,26,28-33,35-37,39-41H2,1-2H3,(H,45,46)/b13-11-,14-12-,17-16-,27-25-,38-34-. The average molecular weight is 669 g/mol. The van der Waals surface area contributed by atoms with E-state index >= 15 is 0 Å². The van der Waals surface area contributed by atoms with E-state index in [4.69, 9.17) is 9.84 Å². The molecule has 1 unspecified atom stereocenters. The van der Waals surface area contributed by atoms with Gasteiger partial charge in [-0.15, -0.1) is 0 Å². The lowest BCUT2D eigenvalue weighted by atomic mass is 10.1. The molecule has 0 saturated heterocycles. The van der Waals surface area contributed by atoms with Crippen molar-refractivity contribution in [3.05, 3.63) is 60.8 Å². The number of rotatable bonds is 36. The fourth-order valence-electron chi connectivity index (χ4n) is 5.67. The van der Waals surface area contributed by atoms with Gasteiger partial charge in [-0.25, -0.2) is 0 Å². The van der Waals surface area contributed by atoms with Gasteiger partial charge >= 0.3 is 11.9 Å². The van der Waals surface area contributed by atoms with E-state index in [2.05, 4.69) is 74.6 Å². The molecule has 1 N–H and O–H groups in total. The molecule has 0 aromatic carbocycles. The molecule has 0 aromatic rings. The summed E-state index contributed by atoms with van der Waals surface area (Å²) >= 11 is 0. The topological polar surface area (TPSA) is 63.6 Å². The minimum Gasteiger partial charge on any atom is -0.481 e. The molecule has 0 saturated carbocycles. The number of esters is 1. The number of carbonyl (C=O) groups is 2. The molecule has 276 valence electrons. The van der Waals surface area contributed by atoms with Crippen LogP contribution >= 0.6 is 0 Å². The largest absolute Gasteiger partial charge is 0.481 e. The summed E-state index contributed by atoms with van der Waals surface area (Å²) in [6.07, 6.45) is 53.9. The van der Waals surface area contributed by atoms with Crippen LogP contribution in [0.3, 0.4) is 0 Å². The van der Waals surface area contributed by atoms with E-state index < -0.39 is 5.97 Å². The van der Waals surface area contributed by atoms with Gasteiger partial charge in [-0.3, -0.25) is 9.59 Å². The van der Waals surface area contributed by atoms with Crippen molar-refractivity contribution >= 4 is 11.9 Å². The Morgan fingerprint density at radius 2 is 0.875 bits per heavy atom. The molecule has 4 nitrogen and oxygen atoms in total. The van der Waals surface area contributed by atoms with Crippen LogP contribution in [0.15, 0.2) is 60.8 Å². The zero-order valence-electron chi connectivity index (χ0n) is 31.5. The van der Waals surface area contributed by atoms with Crippen molar-refractivity contribution in [2.45, 2.75) is 206 Å². The van der Waals surface area contributed by atoms with E-state index in [1.807, 2.05) is 0 Å². The molecule has 0 rings (SSSR count). The number of carbonyl (C=O) groups excluding carboxylic acids is 1. The van der Waals surface area contributed by atoms with Gasteiger partial charge in [0, 0.05) is 12.8 Å². The Morgan fingerprint density at radius 3 is 1.38 bits per heavy atom. The number of ether oxygens (including phenoxy) is 1. The highest BCUT2D eigenvalue weighted by molar-refractivity contribution is 5.69. The van der Waals surface area contributed by atoms with Gasteiger partial charge in [-0.2, -0.15) is 0 Å². The SMILES string of the molecule is CCCCC/C=C\C/C=C\C/C=C\C(CCCCCCCC(=O)O)OC(=O)CCCCCCCCCCC/C=C\C/C=C\CCCCC. The molecule has 0 aliphatic carbocycles. The van der Waals surface area contributed by atoms with Crippen LogP contribution in [0.2, 0.25) is 0 Å². The van der Waals surface area contributed by atoms with Crippen molar-refractivity contribution in [2.24, 2.45) is 0 Å². The van der Waals surface area contributed by atoms with Gasteiger partial charge in [0.1, 0.15) is 6.10 Å². The molecule has 0 aliphatic heterocycles. The van der Waals surface area contributed by atoms with Crippen LogP contribution in [0.5, 0.6) is 0 Å². The third kappa shape index (κ3) is 38.1. The number of carboxylic acid groups (broad SMARTS) is 1. The molecular weight excluding hydrogens is 592 g/mol. The first-order chi connectivity index (χ1) is 23.6. The highest BCUT2D eigenvalue weighted by Crippen LogP contribution is 2.15. The second-order valence-electron chi connectivity index (χ2n) is 13.5. The fraction of sp³-hybridized carbons (Fsp3) is 0.727. The third-order valence-corrected chi connectivity index (χ3v) is 8.70. The van der Waals surface area contributed by atoms with Crippen molar-refractivity contribution in [1.29, 1.82) is 0 Å². The monoisotopic (exact) mass is 669 g/mol. The van der Waals surface area contributed by atoms with Gasteiger partial charge in [0.15, 0.2) is 0 Å². The molecule has 48 heavy (non-hydrogen) atoms. The van der Waals surface area contributed by atoms with Crippen molar-refractivity contribution in [2.75, 3.05) is 0 Å². The smallest absolute Gasteiger partial charge is 0.306 e. The number of allylic oxidation sites excluding steroid dienone is 9. The summed E-state index contributed by atoms with van der Waals surface area (Å²) < 4.78 is 5.89. The van der Waals surface area contributed by atoms with Crippen molar-refractivity contribution in [1.82, 2.24) is 0 Å². The Morgan fingerprint density at radius 1 is 0.479 bits per heavy atom. The maximum atomic E-state index is 12.6. The molecule has 0 aliphatic rings. The number of aliphatic carboxylic acids is 1. The Labute approximate surface area is 297 Å².